The lowest BCUT2D eigenvalue weighted by Gasteiger charge is -2.31. The van der Waals surface area contributed by atoms with E-state index in [1.54, 1.807) is 37.1 Å². The topological polar surface area (TPSA) is 77.1 Å². The first-order chi connectivity index (χ1) is 11.6. The second kappa shape index (κ2) is 8.42. The van der Waals surface area contributed by atoms with E-state index >= 15 is 0 Å². The highest BCUT2D eigenvalue weighted by atomic mass is 16.6. The number of carbonyl (C=O) groups is 2. The molecular formula is C17H24N2O5. The molecule has 7 nitrogen and oxygen atoms in total. The Morgan fingerprint density at radius 2 is 1.83 bits per heavy atom. The largest absolute Gasteiger partial charge is 0.493 e. The number of methoxy groups -OCH3 is 2. The minimum atomic E-state index is -0.290. The van der Waals surface area contributed by atoms with E-state index in [9.17, 15) is 9.59 Å². The summed E-state index contributed by atoms with van der Waals surface area (Å²) in [6.07, 6.45) is 1.12. The lowest BCUT2D eigenvalue weighted by molar-refractivity contribution is 0.0859. The summed E-state index contributed by atoms with van der Waals surface area (Å²) in [4.78, 5) is 25.7. The number of carbonyl (C=O) groups excluding carboxylic acids is 2. The maximum absolute atomic E-state index is 12.4. The minimum absolute atomic E-state index is 0.0382. The molecule has 0 spiro atoms. The molecule has 2 amide bonds. The SMILES string of the molecule is CCOC(=O)N1CCC(NC(=O)c2ccc(OC)c(OC)c2)CC1. The fraction of sp³-hybridized carbons (Fsp3) is 0.529. The second-order valence-electron chi connectivity index (χ2n) is 5.50. The van der Waals surface area contributed by atoms with Crippen molar-refractivity contribution in [2.45, 2.75) is 25.8 Å². The van der Waals surface area contributed by atoms with E-state index in [-0.39, 0.29) is 18.0 Å². The van der Waals surface area contributed by atoms with Crippen LogP contribution in [0.15, 0.2) is 18.2 Å². The van der Waals surface area contributed by atoms with Gasteiger partial charge < -0.3 is 24.4 Å². The van der Waals surface area contributed by atoms with Crippen molar-refractivity contribution in [3.63, 3.8) is 0 Å². The van der Waals surface area contributed by atoms with Gasteiger partial charge in [-0.1, -0.05) is 0 Å². The molecule has 1 fully saturated rings. The van der Waals surface area contributed by atoms with E-state index in [1.807, 2.05) is 0 Å². The van der Waals surface area contributed by atoms with E-state index < -0.39 is 0 Å². The summed E-state index contributed by atoms with van der Waals surface area (Å²) < 4.78 is 15.4. The van der Waals surface area contributed by atoms with Gasteiger partial charge in [-0.2, -0.15) is 0 Å². The van der Waals surface area contributed by atoms with Gasteiger partial charge in [0.05, 0.1) is 20.8 Å². The molecule has 7 heteroatoms. The first kappa shape index (κ1) is 17.9. The number of benzene rings is 1. The zero-order valence-corrected chi connectivity index (χ0v) is 14.3. The predicted molar refractivity (Wildman–Crippen MR) is 88.6 cm³/mol. The van der Waals surface area contributed by atoms with Crippen LogP contribution in [0, 0.1) is 0 Å². The Labute approximate surface area is 141 Å². The number of amides is 2. The van der Waals surface area contributed by atoms with Crippen LogP contribution in [0.25, 0.3) is 0 Å². The van der Waals surface area contributed by atoms with Crippen molar-refractivity contribution >= 4 is 12.0 Å². The first-order valence-corrected chi connectivity index (χ1v) is 8.03. The minimum Gasteiger partial charge on any atom is -0.493 e. The van der Waals surface area contributed by atoms with Crippen molar-refractivity contribution in [1.82, 2.24) is 10.2 Å². The van der Waals surface area contributed by atoms with Gasteiger partial charge in [0.25, 0.3) is 5.91 Å². The standard InChI is InChI=1S/C17H24N2O5/c1-4-24-17(21)19-9-7-13(8-10-19)18-16(20)12-5-6-14(22-2)15(11-12)23-3/h5-6,11,13H,4,7-10H2,1-3H3,(H,18,20). The van der Waals surface area contributed by atoms with Crippen LogP contribution in [0.4, 0.5) is 4.79 Å². The van der Waals surface area contributed by atoms with Gasteiger partial charge in [0, 0.05) is 24.7 Å². The fourth-order valence-electron chi connectivity index (χ4n) is 2.67. The third-order valence-electron chi connectivity index (χ3n) is 4.00. The summed E-state index contributed by atoms with van der Waals surface area (Å²) in [5, 5.41) is 3.00. The van der Waals surface area contributed by atoms with Crippen molar-refractivity contribution in [2.75, 3.05) is 33.9 Å². The summed E-state index contributed by atoms with van der Waals surface area (Å²) in [5.74, 6) is 0.935. The number of nitrogens with one attached hydrogen (secondary N) is 1. The zero-order chi connectivity index (χ0) is 17.5. The smallest absolute Gasteiger partial charge is 0.409 e. The van der Waals surface area contributed by atoms with Gasteiger partial charge in [0.15, 0.2) is 11.5 Å². The first-order valence-electron chi connectivity index (χ1n) is 8.03. The van der Waals surface area contributed by atoms with E-state index in [0.717, 1.165) is 0 Å². The average Bonchev–Trinajstić information content (AvgIpc) is 2.61. The molecule has 0 unspecified atom stereocenters. The van der Waals surface area contributed by atoms with Crippen LogP contribution in [0.5, 0.6) is 11.5 Å². The zero-order valence-electron chi connectivity index (χ0n) is 14.3. The Morgan fingerprint density at radius 3 is 2.42 bits per heavy atom. The number of nitrogens with zero attached hydrogens (tertiary/aromatic N) is 1. The van der Waals surface area contributed by atoms with E-state index in [4.69, 9.17) is 14.2 Å². The molecule has 2 rings (SSSR count). The molecule has 1 aromatic rings. The molecule has 132 valence electrons. The van der Waals surface area contributed by atoms with Gasteiger partial charge in [-0.25, -0.2) is 4.79 Å². The molecule has 1 saturated heterocycles. The van der Waals surface area contributed by atoms with Gasteiger partial charge in [-0.05, 0) is 38.0 Å². The lowest BCUT2D eigenvalue weighted by atomic mass is 10.0. The average molecular weight is 336 g/mol. The molecule has 0 aromatic heterocycles. The van der Waals surface area contributed by atoms with Gasteiger partial charge in [0.1, 0.15) is 0 Å². The van der Waals surface area contributed by atoms with Crippen molar-refractivity contribution in [3.8, 4) is 11.5 Å². The summed E-state index contributed by atoms with van der Waals surface area (Å²) >= 11 is 0. The van der Waals surface area contributed by atoms with Crippen LogP contribution >= 0.6 is 0 Å². The quantitative estimate of drug-likeness (QED) is 0.890. The molecule has 1 aliphatic rings. The summed E-state index contributed by atoms with van der Waals surface area (Å²) in [5.41, 5.74) is 0.514. The number of piperidine rings is 1. The van der Waals surface area contributed by atoms with E-state index in [2.05, 4.69) is 5.32 Å². The van der Waals surface area contributed by atoms with Crippen LogP contribution in [-0.2, 0) is 4.74 Å². The van der Waals surface area contributed by atoms with Crippen LogP contribution < -0.4 is 14.8 Å². The Morgan fingerprint density at radius 1 is 1.17 bits per heavy atom. The highest BCUT2D eigenvalue weighted by Crippen LogP contribution is 2.27. The molecule has 1 aliphatic heterocycles. The van der Waals surface area contributed by atoms with Gasteiger partial charge in [-0.15, -0.1) is 0 Å². The molecule has 0 bridgehead atoms. The fourth-order valence-corrected chi connectivity index (χ4v) is 2.67. The molecule has 1 heterocycles. The normalized spacial score (nSPS) is 14.9. The van der Waals surface area contributed by atoms with Gasteiger partial charge >= 0.3 is 6.09 Å². The number of likely N-dealkylation sites (tertiary alicyclic amines) is 1. The molecule has 0 radical (unpaired) electrons. The van der Waals surface area contributed by atoms with Crippen molar-refractivity contribution in [3.05, 3.63) is 23.8 Å². The summed E-state index contributed by atoms with van der Waals surface area (Å²) in [6.45, 7) is 3.31. The monoisotopic (exact) mass is 336 g/mol. The van der Waals surface area contributed by atoms with Gasteiger partial charge in [-0.3, -0.25) is 4.79 Å². The van der Waals surface area contributed by atoms with E-state index in [0.29, 0.717) is 49.6 Å². The molecule has 1 N–H and O–H groups in total. The number of ether oxygens (including phenoxy) is 3. The van der Waals surface area contributed by atoms with Crippen LogP contribution in [-0.4, -0.2) is 56.9 Å². The molecule has 0 atom stereocenters. The Bertz CT molecular complexity index is 582. The lowest BCUT2D eigenvalue weighted by Crippen LogP contribution is -2.46. The van der Waals surface area contributed by atoms with E-state index in [1.165, 1.54) is 7.11 Å². The molecule has 0 aliphatic carbocycles. The maximum atomic E-state index is 12.4. The van der Waals surface area contributed by atoms with Crippen LogP contribution in [0.3, 0.4) is 0 Å². The van der Waals surface area contributed by atoms with Gasteiger partial charge in [0.2, 0.25) is 0 Å². The third-order valence-corrected chi connectivity index (χ3v) is 4.00. The highest BCUT2D eigenvalue weighted by Gasteiger charge is 2.25. The molecule has 1 aromatic carbocycles. The van der Waals surface area contributed by atoms with Crippen molar-refractivity contribution in [2.24, 2.45) is 0 Å². The summed E-state index contributed by atoms with van der Waals surface area (Å²) in [7, 11) is 3.08. The van der Waals surface area contributed by atoms with Crippen LogP contribution in [0.2, 0.25) is 0 Å². The Hall–Kier alpha value is -2.44. The van der Waals surface area contributed by atoms with Crippen molar-refractivity contribution < 1.29 is 23.8 Å². The molecular weight excluding hydrogens is 312 g/mol. The van der Waals surface area contributed by atoms with Crippen molar-refractivity contribution in [1.29, 1.82) is 0 Å². The maximum Gasteiger partial charge on any atom is 0.409 e. The third kappa shape index (κ3) is 4.31. The second-order valence-corrected chi connectivity index (χ2v) is 5.50. The predicted octanol–water partition coefficient (Wildman–Crippen LogP) is 2.05. The number of hydrogen-bond acceptors (Lipinski definition) is 5. The van der Waals surface area contributed by atoms with Crippen LogP contribution in [0.1, 0.15) is 30.1 Å². The number of hydrogen-bond donors (Lipinski definition) is 1. The molecule has 24 heavy (non-hydrogen) atoms. The summed E-state index contributed by atoms with van der Waals surface area (Å²) in [6, 6.07) is 5.10. The number of rotatable bonds is 5. The highest BCUT2D eigenvalue weighted by molar-refractivity contribution is 5.95. The Kier molecular flexibility index (Phi) is 6.28. The molecule has 0 saturated carbocycles. The Balaban J connectivity index is 1.91.